The number of hydrogen-bond donors (Lipinski definition) is 1. The monoisotopic (exact) mass is 353 g/mol. The summed E-state index contributed by atoms with van der Waals surface area (Å²) in [5.41, 5.74) is 5.48. The van der Waals surface area contributed by atoms with Gasteiger partial charge in [0.05, 0.1) is 0 Å². The normalized spacial score (nSPS) is 21.7. The van der Waals surface area contributed by atoms with Crippen LogP contribution in [0.4, 0.5) is 0 Å². The van der Waals surface area contributed by atoms with E-state index < -0.39 is 0 Å². The number of nitrogens with one attached hydrogen (secondary N) is 1. The molecule has 0 bridgehead atoms. The molecule has 0 aromatic carbocycles. The third-order valence-corrected chi connectivity index (χ3v) is 5.39. The molecule has 1 amide bonds. The van der Waals surface area contributed by atoms with Gasteiger partial charge in [-0.2, -0.15) is 0 Å². The average molecular weight is 354 g/mol. The van der Waals surface area contributed by atoms with E-state index in [2.05, 4.69) is 51.2 Å². The van der Waals surface area contributed by atoms with Crippen molar-refractivity contribution >= 4 is 5.91 Å². The molecule has 1 N–H and O–H groups in total. The lowest BCUT2D eigenvalue weighted by Gasteiger charge is -2.32. The Bertz CT molecular complexity index is 666. The lowest BCUT2D eigenvalue weighted by atomic mass is 9.72. The molecule has 2 nitrogen and oxygen atoms in total. The van der Waals surface area contributed by atoms with Gasteiger partial charge in [0.25, 0.3) is 0 Å². The summed E-state index contributed by atoms with van der Waals surface area (Å²) in [6.45, 7) is 11.9. The number of allylic oxidation sites excluding steroid dienone is 9. The molecule has 1 fully saturated rings. The smallest absolute Gasteiger partial charge is 0.244 e. The van der Waals surface area contributed by atoms with Gasteiger partial charge in [-0.05, 0) is 75.4 Å². The third-order valence-electron chi connectivity index (χ3n) is 5.39. The number of rotatable bonds is 7. The van der Waals surface area contributed by atoms with Crippen LogP contribution in [0.2, 0.25) is 0 Å². The second-order valence-electron chi connectivity index (χ2n) is 8.61. The summed E-state index contributed by atoms with van der Waals surface area (Å²) < 4.78 is 0. The van der Waals surface area contributed by atoms with Crippen molar-refractivity contribution in [3.63, 3.8) is 0 Å². The SMILES string of the molecule is CC1=C(/C=C/C(C)=C/C=C/C(C)=C/C(=O)NCC2CC2)C(C)(C)CCC1. The molecule has 0 radical (unpaired) electrons. The van der Waals surface area contributed by atoms with Crippen LogP contribution in [-0.4, -0.2) is 12.5 Å². The highest BCUT2D eigenvalue weighted by atomic mass is 16.1. The molecule has 142 valence electrons. The predicted molar refractivity (Wildman–Crippen MR) is 112 cm³/mol. The van der Waals surface area contributed by atoms with E-state index in [1.54, 1.807) is 6.08 Å². The Morgan fingerprint density at radius 2 is 1.92 bits per heavy atom. The van der Waals surface area contributed by atoms with Crippen LogP contribution in [0.5, 0.6) is 0 Å². The minimum atomic E-state index is 0.0154. The van der Waals surface area contributed by atoms with Gasteiger partial charge in [-0.15, -0.1) is 0 Å². The summed E-state index contributed by atoms with van der Waals surface area (Å²) in [7, 11) is 0. The lowest BCUT2D eigenvalue weighted by Crippen LogP contribution is -2.23. The third kappa shape index (κ3) is 6.82. The molecular formula is C24H35NO. The van der Waals surface area contributed by atoms with Gasteiger partial charge in [0, 0.05) is 12.6 Å². The first-order valence-electron chi connectivity index (χ1n) is 9.97. The second-order valence-corrected chi connectivity index (χ2v) is 8.61. The fourth-order valence-corrected chi connectivity index (χ4v) is 3.51. The molecule has 0 aromatic heterocycles. The largest absolute Gasteiger partial charge is 0.352 e. The van der Waals surface area contributed by atoms with Crippen molar-refractivity contribution in [2.24, 2.45) is 11.3 Å². The van der Waals surface area contributed by atoms with Crippen molar-refractivity contribution in [3.8, 4) is 0 Å². The van der Waals surface area contributed by atoms with Gasteiger partial charge in [0.1, 0.15) is 0 Å². The van der Waals surface area contributed by atoms with Crippen molar-refractivity contribution in [2.45, 2.75) is 66.7 Å². The van der Waals surface area contributed by atoms with E-state index in [4.69, 9.17) is 0 Å². The summed E-state index contributed by atoms with van der Waals surface area (Å²) >= 11 is 0. The van der Waals surface area contributed by atoms with Gasteiger partial charge < -0.3 is 5.32 Å². The summed E-state index contributed by atoms with van der Waals surface area (Å²) in [5.74, 6) is 0.732. The van der Waals surface area contributed by atoms with Crippen LogP contribution in [0.1, 0.15) is 66.7 Å². The molecule has 0 unspecified atom stereocenters. The van der Waals surface area contributed by atoms with Crippen molar-refractivity contribution in [3.05, 3.63) is 58.7 Å². The van der Waals surface area contributed by atoms with E-state index in [9.17, 15) is 4.79 Å². The molecule has 2 aliphatic carbocycles. The topological polar surface area (TPSA) is 29.1 Å². The molecule has 0 heterocycles. The highest BCUT2D eigenvalue weighted by molar-refractivity contribution is 5.88. The number of hydrogen-bond acceptors (Lipinski definition) is 1. The molecule has 0 saturated heterocycles. The summed E-state index contributed by atoms with van der Waals surface area (Å²) in [5, 5.41) is 2.96. The van der Waals surface area contributed by atoms with E-state index in [1.807, 2.05) is 19.1 Å². The Balaban J connectivity index is 1.89. The molecule has 26 heavy (non-hydrogen) atoms. The minimum Gasteiger partial charge on any atom is -0.352 e. The Hall–Kier alpha value is -1.83. The zero-order chi connectivity index (χ0) is 19.2. The van der Waals surface area contributed by atoms with Crippen LogP contribution in [-0.2, 0) is 4.79 Å². The minimum absolute atomic E-state index is 0.0154. The Morgan fingerprint density at radius 1 is 1.19 bits per heavy atom. The predicted octanol–water partition coefficient (Wildman–Crippen LogP) is 6.04. The Morgan fingerprint density at radius 3 is 2.58 bits per heavy atom. The first-order valence-corrected chi connectivity index (χ1v) is 9.97. The highest BCUT2D eigenvalue weighted by Gasteiger charge is 2.26. The molecule has 0 atom stereocenters. The second kappa shape index (κ2) is 9.21. The standard InChI is InChI=1S/C24H35NO/c1-18(11-14-22-20(3)10-7-15-24(22,4)5)8-6-9-19(2)16-23(26)25-17-21-12-13-21/h6,8-9,11,14,16,21H,7,10,12-13,15,17H2,1-5H3,(H,25,26)/b9-6+,14-11+,18-8+,19-16+. The average Bonchev–Trinajstić information content (AvgIpc) is 3.36. The van der Waals surface area contributed by atoms with Crippen molar-refractivity contribution in [1.82, 2.24) is 5.32 Å². The van der Waals surface area contributed by atoms with Crippen LogP contribution in [0.15, 0.2) is 58.7 Å². The molecule has 2 rings (SSSR count). The summed E-state index contributed by atoms with van der Waals surface area (Å²) in [4.78, 5) is 11.8. The van der Waals surface area contributed by atoms with E-state index in [0.717, 1.165) is 12.1 Å². The zero-order valence-electron chi connectivity index (χ0n) is 17.2. The van der Waals surface area contributed by atoms with Crippen LogP contribution in [0, 0.1) is 11.3 Å². The van der Waals surface area contributed by atoms with E-state index in [1.165, 1.54) is 48.8 Å². The van der Waals surface area contributed by atoms with Crippen LogP contribution < -0.4 is 5.32 Å². The summed E-state index contributed by atoms with van der Waals surface area (Å²) in [6.07, 6.45) is 18.6. The zero-order valence-corrected chi connectivity index (χ0v) is 17.2. The van der Waals surface area contributed by atoms with Gasteiger partial charge in [0.2, 0.25) is 5.91 Å². The number of carbonyl (C=O) groups excluding carboxylic acids is 1. The first-order chi connectivity index (χ1) is 12.3. The van der Waals surface area contributed by atoms with Gasteiger partial charge in [-0.1, -0.05) is 55.4 Å². The molecule has 1 saturated carbocycles. The van der Waals surface area contributed by atoms with Gasteiger partial charge in [0.15, 0.2) is 0 Å². The maximum Gasteiger partial charge on any atom is 0.244 e. The summed E-state index contributed by atoms with van der Waals surface area (Å²) in [6, 6.07) is 0. The Kier molecular flexibility index (Phi) is 7.25. The van der Waals surface area contributed by atoms with E-state index in [-0.39, 0.29) is 11.3 Å². The molecule has 0 aliphatic heterocycles. The fourth-order valence-electron chi connectivity index (χ4n) is 3.51. The molecular weight excluding hydrogens is 318 g/mol. The van der Waals surface area contributed by atoms with Crippen molar-refractivity contribution in [1.29, 1.82) is 0 Å². The molecule has 2 aliphatic rings. The molecule has 0 aromatic rings. The van der Waals surface area contributed by atoms with E-state index in [0.29, 0.717) is 5.92 Å². The van der Waals surface area contributed by atoms with Crippen molar-refractivity contribution in [2.75, 3.05) is 6.54 Å². The molecule has 2 heteroatoms. The maximum atomic E-state index is 11.8. The van der Waals surface area contributed by atoms with Crippen LogP contribution in [0.3, 0.4) is 0 Å². The van der Waals surface area contributed by atoms with E-state index >= 15 is 0 Å². The Labute approximate surface area is 159 Å². The highest BCUT2D eigenvalue weighted by Crippen LogP contribution is 2.40. The van der Waals surface area contributed by atoms with Crippen LogP contribution in [0.25, 0.3) is 0 Å². The van der Waals surface area contributed by atoms with Gasteiger partial charge in [-0.25, -0.2) is 0 Å². The van der Waals surface area contributed by atoms with Crippen LogP contribution >= 0.6 is 0 Å². The fraction of sp³-hybridized carbons (Fsp3) is 0.542. The van der Waals surface area contributed by atoms with Gasteiger partial charge >= 0.3 is 0 Å². The number of carbonyl (C=O) groups is 1. The molecule has 0 spiro atoms. The number of amides is 1. The van der Waals surface area contributed by atoms with Crippen molar-refractivity contribution < 1.29 is 4.79 Å². The lowest BCUT2D eigenvalue weighted by molar-refractivity contribution is -0.116. The van der Waals surface area contributed by atoms with Gasteiger partial charge in [-0.3, -0.25) is 4.79 Å². The quantitative estimate of drug-likeness (QED) is 0.438. The maximum absolute atomic E-state index is 11.8. The first kappa shape index (κ1) is 20.5.